The molecule has 2 amide bonds. The Morgan fingerprint density at radius 3 is 2.77 bits per heavy atom. The van der Waals surface area contributed by atoms with Crippen molar-refractivity contribution in [3.8, 4) is 0 Å². The Labute approximate surface area is 154 Å². The Hall–Kier alpha value is -3.06. The minimum Gasteiger partial charge on any atom is -0.363 e. The number of aryl methyl sites for hydroxylation is 1. The van der Waals surface area contributed by atoms with Gasteiger partial charge >= 0.3 is 0 Å². The average molecular weight is 373 g/mol. The molecule has 0 atom stereocenters. The summed E-state index contributed by atoms with van der Waals surface area (Å²) >= 11 is 5.91. The van der Waals surface area contributed by atoms with Crippen LogP contribution in [0.5, 0.6) is 0 Å². The highest BCUT2D eigenvalue weighted by molar-refractivity contribution is 6.31. The summed E-state index contributed by atoms with van der Waals surface area (Å²) in [5.74, 6) is -0.685. The third-order valence-electron chi connectivity index (χ3n) is 4.08. The topological polar surface area (TPSA) is 96.0 Å². The van der Waals surface area contributed by atoms with Crippen molar-refractivity contribution >= 4 is 40.0 Å². The SMILES string of the molecule is CNC(=O)Cn1ccc2ccc(NC(=O)c3c[nH]c(C)c(Cl)c3=O)cc21. The summed E-state index contributed by atoms with van der Waals surface area (Å²) in [6, 6.07) is 7.20. The highest BCUT2D eigenvalue weighted by Crippen LogP contribution is 2.21. The van der Waals surface area contributed by atoms with Crippen LogP contribution in [0.3, 0.4) is 0 Å². The normalized spacial score (nSPS) is 10.7. The Bertz CT molecular complexity index is 1070. The van der Waals surface area contributed by atoms with E-state index in [4.69, 9.17) is 11.6 Å². The summed E-state index contributed by atoms with van der Waals surface area (Å²) in [6.45, 7) is 1.82. The quantitative estimate of drug-likeness (QED) is 0.655. The summed E-state index contributed by atoms with van der Waals surface area (Å²) in [4.78, 5) is 39.0. The highest BCUT2D eigenvalue weighted by atomic mass is 35.5. The van der Waals surface area contributed by atoms with E-state index in [1.54, 1.807) is 36.9 Å². The van der Waals surface area contributed by atoms with E-state index in [0.29, 0.717) is 11.4 Å². The molecule has 0 radical (unpaired) electrons. The van der Waals surface area contributed by atoms with Crippen LogP contribution in [0.25, 0.3) is 10.9 Å². The molecule has 3 aromatic rings. The molecule has 2 heterocycles. The summed E-state index contributed by atoms with van der Waals surface area (Å²) < 4.78 is 1.78. The fourth-order valence-electron chi connectivity index (χ4n) is 2.60. The maximum atomic E-state index is 12.4. The molecule has 3 rings (SSSR count). The van der Waals surface area contributed by atoms with Crippen molar-refractivity contribution in [1.29, 1.82) is 0 Å². The van der Waals surface area contributed by atoms with Gasteiger partial charge in [-0.2, -0.15) is 0 Å². The molecule has 0 saturated carbocycles. The molecule has 0 aliphatic heterocycles. The van der Waals surface area contributed by atoms with Gasteiger partial charge in [-0.1, -0.05) is 17.7 Å². The number of H-pyrrole nitrogens is 1. The van der Waals surface area contributed by atoms with Crippen molar-refractivity contribution in [3.05, 3.63) is 63.2 Å². The van der Waals surface area contributed by atoms with Gasteiger partial charge in [0.1, 0.15) is 17.1 Å². The zero-order valence-electron chi connectivity index (χ0n) is 14.2. The average Bonchev–Trinajstić information content (AvgIpc) is 3.01. The zero-order chi connectivity index (χ0) is 18.8. The molecule has 134 valence electrons. The number of fused-ring (bicyclic) bond motifs is 1. The first kappa shape index (κ1) is 17.8. The lowest BCUT2D eigenvalue weighted by Gasteiger charge is -2.08. The Morgan fingerprint density at radius 2 is 2.04 bits per heavy atom. The highest BCUT2D eigenvalue weighted by Gasteiger charge is 2.15. The van der Waals surface area contributed by atoms with Crippen LogP contribution in [0.2, 0.25) is 5.02 Å². The first-order valence-corrected chi connectivity index (χ1v) is 8.27. The molecule has 7 nitrogen and oxygen atoms in total. The van der Waals surface area contributed by atoms with Crippen LogP contribution in [0, 0.1) is 6.92 Å². The number of nitrogens with one attached hydrogen (secondary N) is 3. The number of hydrogen-bond donors (Lipinski definition) is 3. The predicted octanol–water partition coefficient (Wildman–Crippen LogP) is 2.29. The Morgan fingerprint density at radius 1 is 1.27 bits per heavy atom. The van der Waals surface area contributed by atoms with Crippen LogP contribution in [0.1, 0.15) is 16.1 Å². The molecule has 0 fully saturated rings. The Kier molecular flexibility index (Phi) is 4.81. The van der Waals surface area contributed by atoms with E-state index < -0.39 is 11.3 Å². The summed E-state index contributed by atoms with van der Waals surface area (Å²) in [5, 5.41) is 6.19. The fraction of sp³-hybridized carbons (Fsp3) is 0.167. The molecule has 0 aliphatic rings. The minimum atomic E-state index is -0.558. The number of rotatable bonds is 4. The number of aromatic amines is 1. The van der Waals surface area contributed by atoms with Gasteiger partial charge < -0.3 is 20.2 Å². The lowest BCUT2D eigenvalue weighted by atomic mass is 10.2. The monoisotopic (exact) mass is 372 g/mol. The first-order chi connectivity index (χ1) is 12.4. The number of hydrogen-bond acceptors (Lipinski definition) is 3. The number of pyridine rings is 1. The van der Waals surface area contributed by atoms with Crippen molar-refractivity contribution in [2.45, 2.75) is 13.5 Å². The molecule has 1 aromatic carbocycles. The van der Waals surface area contributed by atoms with Gasteiger partial charge in [0, 0.05) is 30.8 Å². The van der Waals surface area contributed by atoms with Crippen molar-refractivity contribution < 1.29 is 9.59 Å². The van der Waals surface area contributed by atoms with Gasteiger partial charge in [0.05, 0.1) is 5.52 Å². The van der Waals surface area contributed by atoms with E-state index in [2.05, 4.69) is 15.6 Å². The standard InChI is InChI=1S/C18H17ClN4O3/c1-10-16(19)17(25)13(8-21-10)18(26)22-12-4-3-11-5-6-23(14(11)7-12)9-15(24)20-2/h3-8H,9H2,1-2H3,(H,20,24)(H,21,25)(H,22,26). The van der Waals surface area contributed by atoms with E-state index in [1.165, 1.54) is 6.20 Å². The number of likely N-dealkylation sites (N-methyl/N-ethyl adjacent to an activating group) is 1. The zero-order valence-corrected chi connectivity index (χ0v) is 15.0. The molecule has 0 bridgehead atoms. The molecular formula is C18H17ClN4O3. The van der Waals surface area contributed by atoms with E-state index in [9.17, 15) is 14.4 Å². The van der Waals surface area contributed by atoms with Crippen molar-refractivity contribution in [2.24, 2.45) is 0 Å². The van der Waals surface area contributed by atoms with Crippen LogP contribution in [0.4, 0.5) is 5.69 Å². The molecule has 3 N–H and O–H groups in total. The molecule has 0 aliphatic carbocycles. The molecule has 0 spiro atoms. The van der Waals surface area contributed by atoms with Crippen LogP contribution in [-0.4, -0.2) is 28.4 Å². The second-order valence-corrected chi connectivity index (χ2v) is 6.19. The first-order valence-electron chi connectivity index (χ1n) is 7.89. The van der Waals surface area contributed by atoms with Gasteiger partial charge in [0.15, 0.2) is 0 Å². The number of aromatic nitrogens is 2. The van der Waals surface area contributed by atoms with Crippen LogP contribution < -0.4 is 16.1 Å². The summed E-state index contributed by atoms with van der Waals surface area (Å²) in [7, 11) is 1.57. The number of halogens is 1. The minimum absolute atomic E-state index is 0.00689. The molecule has 0 unspecified atom stereocenters. The van der Waals surface area contributed by atoms with Gasteiger partial charge in [-0.15, -0.1) is 0 Å². The molecular weight excluding hydrogens is 356 g/mol. The third kappa shape index (κ3) is 3.34. The second-order valence-electron chi connectivity index (χ2n) is 5.81. The number of nitrogens with zero attached hydrogens (tertiary/aromatic N) is 1. The van der Waals surface area contributed by atoms with Crippen LogP contribution >= 0.6 is 11.6 Å². The third-order valence-corrected chi connectivity index (χ3v) is 4.53. The van der Waals surface area contributed by atoms with E-state index in [-0.39, 0.29) is 23.0 Å². The van der Waals surface area contributed by atoms with Crippen molar-refractivity contribution in [2.75, 3.05) is 12.4 Å². The number of benzene rings is 1. The number of carbonyl (C=O) groups excluding carboxylic acids is 2. The summed E-state index contributed by atoms with van der Waals surface area (Å²) in [6.07, 6.45) is 3.14. The van der Waals surface area contributed by atoms with E-state index >= 15 is 0 Å². The van der Waals surface area contributed by atoms with E-state index in [0.717, 1.165) is 10.9 Å². The number of carbonyl (C=O) groups is 2. The molecule has 0 saturated heterocycles. The van der Waals surface area contributed by atoms with Crippen LogP contribution in [-0.2, 0) is 11.3 Å². The molecule has 8 heteroatoms. The predicted molar refractivity (Wildman–Crippen MR) is 101 cm³/mol. The van der Waals surface area contributed by atoms with Gasteiger partial charge in [0.25, 0.3) is 5.91 Å². The van der Waals surface area contributed by atoms with Gasteiger partial charge in [0.2, 0.25) is 11.3 Å². The maximum absolute atomic E-state index is 12.4. The summed E-state index contributed by atoms with van der Waals surface area (Å²) in [5.41, 5.74) is 1.21. The fourth-order valence-corrected chi connectivity index (χ4v) is 2.75. The van der Waals surface area contributed by atoms with Gasteiger partial charge in [-0.3, -0.25) is 14.4 Å². The van der Waals surface area contributed by atoms with Gasteiger partial charge in [-0.05, 0) is 30.5 Å². The lowest BCUT2D eigenvalue weighted by molar-refractivity contribution is -0.121. The number of anilines is 1. The van der Waals surface area contributed by atoms with Crippen molar-refractivity contribution in [3.63, 3.8) is 0 Å². The maximum Gasteiger partial charge on any atom is 0.261 e. The number of amides is 2. The van der Waals surface area contributed by atoms with E-state index in [1.807, 2.05) is 12.1 Å². The smallest absolute Gasteiger partial charge is 0.261 e. The molecule has 2 aromatic heterocycles. The largest absolute Gasteiger partial charge is 0.363 e. The second kappa shape index (κ2) is 7.05. The van der Waals surface area contributed by atoms with Crippen LogP contribution in [0.15, 0.2) is 41.5 Å². The van der Waals surface area contributed by atoms with Crippen molar-refractivity contribution in [1.82, 2.24) is 14.9 Å². The molecule has 26 heavy (non-hydrogen) atoms. The lowest BCUT2D eigenvalue weighted by Crippen LogP contribution is -2.23. The van der Waals surface area contributed by atoms with Gasteiger partial charge in [-0.25, -0.2) is 0 Å². The Balaban J connectivity index is 1.90.